The smallest absolute Gasteiger partial charge is 0.269 e. The molecule has 1 fully saturated rings. The molecule has 1 aliphatic heterocycles. The summed E-state index contributed by atoms with van der Waals surface area (Å²) in [5, 5.41) is 24.4. The number of aromatic nitrogens is 5. The predicted molar refractivity (Wildman–Crippen MR) is 142 cm³/mol. The third-order valence-electron chi connectivity index (χ3n) is 7.03. The van der Waals surface area contributed by atoms with Crippen molar-refractivity contribution in [3.63, 3.8) is 0 Å². The first-order valence-electron chi connectivity index (χ1n) is 12.5. The number of pyridine rings is 1. The number of ether oxygens (including phenoxy) is 1. The molecule has 0 aliphatic carbocycles. The summed E-state index contributed by atoms with van der Waals surface area (Å²) in [6, 6.07) is 12.2. The Morgan fingerprint density at radius 2 is 1.84 bits per heavy atom. The highest BCUT2D eigenvalue weighted by atomic mass is 16.6. The number of anilines is 1. The average Bonchev–Trinajstić information content (AvgIpc) is 3.37. The molecule has 198 valence electrons. The molecule has 1 atom stereocenters. The normalized spacial score (nSPS) is 15.2. The summed E-state index contributed by atoms with van der Waals surface area (Å²) in [5.74, 6) is 0.583. The molecular weight excluding hydrogens is 488 g/mol. The molecule has 12 heteroatoms. The van der Waals surface area contributed by atoms with Crippen molar-refractivity contribution in [2.75, 3.05) is 44.8 Å². The van der Waals surface area contributed by atoms with Gasteiger partial charge in [0.15, 0.2) is 5.82 Å². The number of fused-ring (bicyclic) bond motifs is 1. The largest absolute Gasteiger partial charge is 0.383 e. The molecule has 0 radical (unpaired) electrons. The van der Waals surface area contributed by atoms with E-state index in [1.807, 2.05) is 19.9 Å². The van der Waals surface area contributed by atoms with Crippen LogP contribution in [-0.4, -0.2) is 74.9 Å². The summed E-state index contributed by atoms with van der Waals surface area (Å²) < 4.78 is 6.94. The van der Waals surface area contributed by atoms with Crippen LogP contribution in [0.3, 0.4) is 0 Å². The first-order valence-corrected chi connectivity index (χ1v) is 12.5. The molecule has 12 nitrogen and oxygen atoms in total. The zero-order valence-electron chi connectivity index (χ0n) is 21.6. The van der Waals surface area contributed by atoms with Crippen LogP contribution in [-0.2, 0) is 11.3 Å². The number of tetrazole rings is 1. The summed E-state index contributed by atoms with van der Waals surface area (Å²) >= 11 is 0. The van der Waals surface area contributed by atoms with Gasteiger partial charge in [-0.3, -0.25) is 19.8 Å². The molecule has 2 aromatic carbocycles. The fourth-order valence-electron chi connectivity index (χ4n) is 5.17. The molecular formula is C26H30N8O4. The maximum Gasteiger partial charge on any atom is 0.269 e. The van der Waals surface area contributed by atoms with E-state index in [2.05, 4.69) is 42.4 Å². The van der Waals surface area contributed by atoms with Crippen molar-refractivity contribution in [2.45, 2.75) is 26.4 Å². The first kappa shape index (κ1) is 25.5. The maximum atomic E-state index is 13.5. The maximum absolute atomic E-state index is 13.5. The zero-order valence-corrected chi connectivity index (χ0v) is 21.6. The van der Waals surface area contributed by atoms with Crippen molar-refractivity contribution in [2.24, 2.45) is 0 Å². The molecule has 1 N–H and O–H groups in total. The van der Waals surface area contributed by atoms with Gasteiger partial charge in [-0.2, -0.15) is 0 Å². The number of piperazine rings is 1. The van der Waals surface area contributed by atoms with Gasteiger partial charge in [-0.1, -0.05) is 11.6 Å². The highest BCUT2D eigenvalue weighted by molar-refractivity contribution is 5.83. The second-order valence-electron chi connectivity index (χ2n) is 9.55. The summed E-state index contributed by atoms with van der Waals surface area (Å²) in [5.41, 5.74) is 4.36. The van der Waals surface area contributed by atoms with Crippen molar-refractivity contribution in [1.29, 1.82) is 0 Å². The van der Waals surface area contributed by atoms with Gasteiger partial charge < -0.3 is 14.6 Å². The van der Waals surface area contributed by atoms with Gasteiger partial charge >= 0.3 is 0 Å². The lowest BCUT2D eigenvalue weighted by atomic mass is 10.00. The van der Waals surface area contributed by atoms with E-state index in [9.17, 15) is 14.9 Å². The van der Waals surface area contributed by atoms with Gasteiger partial charge in [0, 0.05) is 56.7 Å². The Morgan fingerprint density at radius 1 is 1.11 bits per heavy atom. The second-order valence-corrected chi connectivity index (χ2v) is 9.55. The summed E-state index contributed by atoms with van der Waals surface area (Å²) in [4.78, 5) is 31.6. The van der Waals surface area contributed by atoms with E-state index in [4.69, 9.17) is 4.74 Å². The van der Waals surface area contributed by atoms with E-state index in [-0.39, 0.29) is 11.2 Å². The number of nitrogens with one attached hydrogen (secondary N) is 1. The van der Waals surface area contributed by atoms with Crippen LogP contribution in [0.1, 0.15) is 28.6 Å². The standard InChI is InChI=1S/C26H30N8O4/c1-17-14-18(2)23-19(15-17)16-22(26(35)27-23)24(25-28-29-30-33(25)12-13-38-3)32-10-8-31(9-11-32)20-4-6-21(7-5-20)34(36)37/h4-7,14-16,24H,8-13H2,1-3H3,(H,27,35). The highest BCUT2D eigenvalue weighted by Gasteiger charge is 2.33. The monoisotopic (exact) mass is 518 g/mol. The van der Waals surface area contributed by atoms with Crippen LogP contribution < -0.4 is 10.5 Å². The number of nitrogens with zero attached hydrogens (tertiary/aromatic N) is 7. The molecule has 1 aliphatic rings. The minimum Gasteiger partial charge on any atom is -0.383 e. The Balaban J connectivity index is 1.50. The van der Waals surface area contributed by atoms with Crippen molar-refractivity contribution in [1.82, 2.24) is 30.1 Å². The lowest BCUT2D eigenvalue weighted by Crippen LogP contribution is -2.49. The van der Waals surface area contributed by atoms with Crippen molar-refractivity contribution < 1.29 is 9.66 Å². The Bertz CT molecular complexity index is 1510. The number of rotatable bonds is 8. The third kappa shape index (κ3) is 5.00. The molecule has 5 rings (SSSR count). The summed E-state index contributed by atoms with van der Waals surface area (Å²) in [7, 11) is 1.62. The highest BCUT2D eigenvalue weighted by Crippen LogP contribution is 2.30. The van der Waals surface area contributed by atoms with Crippen molar-refractivity contribution >= 4 is 22.3 Å². The molecule has 2 aromatic heterocycles. The van der Waals surface area contributed by atoms with E-state index >= 15 is 0 Å². The predicted octanol–water partition coefficient (Wildman–Crippen LogP) is 2.60. The number of hydrogen-bond acceptors (Lipinski definition) is 9. The number of aromatic amines is 1. The van der Waals surface area contributed by atoms with E-state index in [1.165, 1.54) is 12.1 Å². The molecule has 0 saturated carbocycles. The second kappa shape index (κ2) is 10.7. The number of methoxy groups -OCH3 is 1. The molecule has 1 saturated heterocycles. The molecule has 3 heterocycles. The van der Waals surface area contributed by atoms with E-state index < -0.39 is 11.0 Å². The Kier molecular flexibility index (Phi) is 7.16. The average molecular weight is 519 g/mol. The van der Waals surface area contributed by atoms with Crippen LogP contribution in [0.25, 0.3) is 10.9 Å². The topological polar surface area (TPSA) is 135 Å². The van der Waals surface area contributed by atoms with Crippen LogP contribution in [0.2, 0.25) is 0 Å². The third-order valence-corrected chi connectivity index (χ3v) is 7.03. The van der Waals surface area contributed by atoms with E-state index in [1.54, 1.807) is 23.9 Å². The molecule has 0 spiro atoms. The Hall–Kier alpha value is -4.16. The number of nitro benzene ring substituents is 1. The van der Waals surface area contributed by atoms with Gasteiger partial charge in [-0.05, 0) is 59.5 Å². The number of benzene rings is 2. The SMILES string of the molecule is COCCn1nnnc1C(c1cc2cc(C)cc(C)c2[nH]c1=O)N1CCN(c2ccc([N+](=O)[O-])cc2)CC1. The van der Waals surface area contributed by atoms with Crippen molar-refractivity contribution in [3.8, 4) is 0 Å². The van der Waals surface area contributed by atoms with Crippen LogP contribution in [0, 0.1) is 24.0 Å². The van der Waals surface area contributed by atoms with Gasteiger partial charge in [-0.15, -0.1) is 5.10 Å². The molecule has 4 aromatic rings. The molecule has 0 bridgehead atoms. The first-order chi connectivity index (χ1) is 18.4. The molecule has 0 amide bonds. The van der Waals surface area contributed by atoms with Crippen LogP contribution in [0.5, 0.6) is 0 Å². The van der Waals surface area contributed by atoms with Gasteiger partial charge in [0.05, 0.1) is 23.6 Å². The summed E-state index contributed by atoms with van der Waals surface area (Å²) in [6.45, 7) is 7.57. The van der Waals surface area contributed by atoms with E-state index in [0.29, 0.717) is 50.7 Å². The van der Waals surface area contributed by atoms with Crippen LogP contribution >= 0.6 is 0 Å². The van der Waals surface area contributed by atoms with Gasteiger partial charge in [0.1, 0.15) is 6.04 Å². The fraction of sp³-hybridized carbons (Fsp3) is 0.385. The zero-order chi connectivity index (χ0) is 26.8. The lowest BCUT2D eigenvalue weighted by Gasteiger charge is -2.39. The van der Waals surface area contributed by atoms with E-state index in [0.717, 1.165) is 27.7 Å². The molecule has 38 heavy (non-hydrogen) atoms. The van der Waals surface area contributed by atoms with Crippen LogP contribution in [0.4, 0.5) is 11.4 Å². The minimum absolute atomic E-state index is 0.0661. The minimum atomic E-state index is -0.463. The van der Waals surface area contributed by atoms with Gasteiger partial charge in [0.2, 0.25) is 0 Å². The number of non-ortho nitro benzene ring substituents is 1. The summed E-state index contributed by atoms with van der Waals surface area (Å²) in [6.07, 6.45) is 0. The number of nitro groups is 1. The van der Waals surface area contributed by atoms with Crippen LogP contribution in [0.15, 0.2) is 47.3 Å². The van der Waals surface area contributed by atoms with Gasteiger partial charge in [0.25, 0.3) is 11.2 Å². The lowest BCUT2D eigenvalue weighted by molar-refractivity contribution is -0.384. The fourth-order valence-corrected chi connectivity index (χ4v) is 5.17. The Morgan fingerprint density at radius 3 is 2.53 bits per heavy atom. The number of aryl methyl sites for hydroxylation is 2. The van der Waals surface area contributed by atoms with Gasteiger partial charge in [-0.25, -0.2) is 4.68 Å². The number of H-pyrrole nitrogens is 1. The Labute approximate surface area is 219 Å². The van der Waals surface area contributed by atoms with Crippen molar-refractivity contribution in [3.05, 3.63) is 85.4 Å². The quantitative estimate of drug-likeness (QED) is 0.276. The number of hydrogen-bond donors (Lipinski definition) is 1. The molecule has 1 unspecified atom stereocenters.